The second-order valence-electron chi connectivity index (χ2n) is 14.8. The van der Waals surface area contributed by atoms with Crippen LogP contribution in [0.4, 0.5) is 0 Å². The molecule has 0 N–H and O–H groups in total. The molecule has 274 valence electrons. The Kier molecular flexibility index (Phi) is 16.9. The van der Waals surface area contributed by atoms with Gasteiger partial charge in [-0.3, -0.25) is 14.4 Å². The topological polar surface area (TPSA) is 51.2 Å². The van der Waals surface area contributed by atoms with Gasteiger partial charge in [-0.15, -0.1) is 0 Å². The molecule has 0 saturated heterocycles. The summed E-state index contributed by atoms with van der Waals surface area (Å²) in [6.45, 7) is 7.66. The molecule has 0 radical (unpaired) electrons. The lowest BCUT2D eigenvalue weighted by atomic mass is 9.86. The van der Waals surface area contributed by atoms with E-state index in [9.17, 15) is 14.4 Å². The van der Waals surface area contributed by atoms with Crippen molar-refractivity contribution in [3.8, 4) is 0 Å². The number of aryl methyl sites for hydroxylation is 5. The van der Waals surface area contributed by atoms with E-state index in [0.29, 0.717) is 11.6 Å². The largest absolute Gasteiger partial charge is 0.643 e. The Labute approximate surface area is 339 Å². The fourth-order valence-corrected chi connectivity index (χ4v) is 7.63. The van der Waals surface area contributed by atoms with E-state index in [4.69, 9.17) is 30.1 Å². The van der Waals surface area contributed by atoms with Gasteiger partial charge < -0.3 is 0 Å². The molecule has 0 amide bonds. The van der Waals surface area contributed by atoms with E-state index in [1.165, 1.54) is 110 Å². The van der Waals surface area contributed by atoms with E-state index in [1.807, 2.05) is 6.92 Å². The number of Topliss-reactive ketones (excluding diaryl/α,β-unsaturated/α-hetero) is 2. The van der Waals surface area contributed by atoms with Gasteiger partial charge in [0, 0.05) is 23.0 Å². The highest BCUT2D eigenvalue weighted by molar-refractivity contribution is 9.20. The van der Waals surface area contributed by atoms with Gasteiger partial charge in [0.2, 0.25) is 4.69 Å². The zero-order chi connectivity index (χ0) is 37.3. The summed E-state index contributed by atoms with van der Waals surface area (Å²) in [4.78, 5) is 34.1. The fraction of sp³-hybridized carbons (Fsp3) is 0.500. The van der Waals surface area contributed by atoms with Crippen molar-refractivity contribution < 1.29 is 14.4 Å². The second kappa shape index (κ2) is 20.1. The highest BCUT2D eigenvalue weighted by atomic mass is 79.9. The third-order valence-corrected chi connectivity index (χ3v) is 12.3. The van der Waals surface area contributed by atoms with Gasteiger partial charge in [-0.2, -0.15) is 0 Å². The normalized spacial score (nSPS) is 19.3. The number of halogens is 5. The van der Waals surface area contributed by atoms with Crippen molar-refractivity contribution in [2.75, 3.05) is 0 Å². The van der Waals surface area contributed by atoms with Crippen molar-refractivity contribution in [1.29, 1.82) is 0 Å². The molecule has 0 spiro atoms. The number of fused-ring (bicyclic) bond motifs is 6. The molecule has 8 rings (SSSR count). The molecule has 0 aliphatic heterocycles. The van der Waals surface area contributed by atoms with Gasteiger partial charge in [0.05, 0.1) is 4.32 Å². The number of carbonyl (C=O) groups is 3. The molecule has 0 aromatic heterocycles. The van der Waals surface area contributed by atoms with Crippen LogP contribution in [0.25, 0.3) is 0 Å². The predicted octanol–water partition coefficient (Wildman–Crippen LogP) is 12.2. The Morgan fingerprint density at radius 1 is 0.627 bits per heavy atom. The van der Waals surface area contributed by atoms with E-state index in [2.05, 4.69) is 87.3 Å². The van der Waals surface area contributed by atoms with E-state index in [-0.39, 0.29) is 16.5 Å². The van der Waals surface area contributed by atoms with Crippen LogP contribution in [0.5, 0.6) is 0 Å². The quantitative estimate of drug-likeness (QED) is 0.139. The van der Waals surface area contributed by atoms with E-state index >= 15 is 0 Å². The first-order valence-corrected chi connectivity index (χ1v) is 25.2. The second-order valence-corrected chi connectivity index (χ2v) is 24.0. The zero-order valence-electron chi connectivity index (χ0n) is 30.4. The summed E-state index contributed by atoms with van der Waals surface area (Å²) in [5, 5.41) is 0. The number of ketones is 2. The van der Waals surface area contributed by atoms with Gasteiger partial charge >= 0.3 is 11.4 Å². The highest BCUT2D eigenvalue weighted by Gasteiger charge is 2.31. The average molecular weight is 896 g/mol. The van der Waals surface area contributed by atoms with Crippen molar-refractivity contribution in [3.05, 3.63) is 104 Å². The number of hydrogen-bond donors (Lipinski definition) is 0. The summed E-state index contributed by atoms with van der Waals surface area (Å²) in [5.74, 6) is 1.15. The maximum Gasteiger partial charge on any atom is 0.643 e. The number of hydrogen-bond acceptors (Lipinski definition) is 3. The molecule has 51 heavy (non-hydrogen) atoms. The van der Waals surface area contributed by atoms with Crippen molar-refractivity contribution in [1.82, 2.24) is 0 Å². The lowest BCUT2D eigenvalue weighted by Gasteiger charge is -2.18. The van der Waals surface area contributed by atoms with Gasteiger partial charge in [-0.05, 0) is 170 Å². The molecule has 5 aliphatic carbocycles. The van der Waals surface area contributed by atoms with Crippen molar-refractivity contribution >= 4 is 89.7 Å². The summed E-state index contributed by atoms with van der Waals surface area (Å²) in [7, 11) is 14.8. The lowest BCUT2D eigenvalue weighted by Crippen LogP contribution is -2.17. The smallest absolute Gasteiger partial charge is 0.294 e. The summed E-state index contributed by atoms with van der Waals surface area (Å²) in [6.07, 6.45) is 17.3. The molecule has 3 nitrogen and oxygen atoms in total. The Balaban J connectivity index is 0.000000153. The van der Waals surface area contributed by atoms with Crippen LogP contribution in [-0.4, -0.2) is 32.0 Å². The molecule has 2 atom stereocenters. The standard InChI is InChI=1S/2C14H16O.C10H12.C4H6Br2O.Al.3ClH/c1-9-6-12-7-10-4-2-3-5-11(10)8-13(12)14(9)15;1-9-8-13-11-5-3-2-4-10(11)6-7-12(13)14(9)15;1-2-6-10-8-4-3-7-9(10)5-1;1-4(2,6)3(5)7;;;;/h7-9H,2-6H2,1H3;6-7,9H,2-5,8H2,1H3;1-2,5-6H,3-4,7-8H2;1-2H3;;3*1H/q;;;;+3;;;/p-3. The zero-order valence-corrected chi connectivity index (χ0v) is 37.0. The molecule has 3 aromatic carbocycles. The van der Waals surface area contributed by atoms with Crippen molar-refractivity contribution in [2.45, 2.75) is 122 Å². The molecule has 5 aliphatic rings. The number of benzene rings is 3. The molecule has 0 heterocycles. The van der Waals surface area contributed by atoms with Gasteiger partial charge in [-0.25, -0.2) is 30.1 Å². The van der Waals surface area contributed by atoms with Crippen LogP contribution in [0.2, 0.25) is 0 Å². The average Bonchev–Trinajstić information content (AvgIpc) is 3.56. The Hall–Kier alpha value is -0.968. The first-order valence-electron chi connectivity index (χ1n) is 18.4. The monoisotopic (exact) mass is 892 g/mol. The minimum atomic E-state index is -1.72. The van der Waals surface area contributed by atoms with Crippen LogP contribution in [0.15, 0.2) is 48.5 Å². The van der Waals surface area contributed by atoms with Gasteiger partial charge in [-0.1, -0.05) is 72.2 Å². The first kappa shape index (κ1) is 42.8. The Morgan fingerprint density at radius 3 is 1.59 bits per heavy atom. The van der Waals surface area contributed by atoms with E-state index in [0.717, 1.165) is 24.0 Å². The summed E-state index contributed by atoms with van der Waals surface area (Å²) in [6, 6.07) is 17.5. The predicted molar refractivity (Wildman–Crippen MR) is 224 cm³/mol. The van der Waals surface area contributed by atoms with E-state index < -0.39 is 15.7 Å². The van der Waals surface area contributed by atoms with Crippen molar-refractivity contribution in [2.24, 2.45) is 11.8 Å². The molecule has 0 bridgehead atoms. The summed E-state index contributed by atoms with van der Waals surface area (Å²) < 4.78 is -0.437. The van der Waals surface area contributed by atoms with Gasteiger partial charge in [0.15, 0.2) is 11.6 Å². The van der Waals surface area contributed by atoms with Gasteiger partial charge in [0.25, 0.3) is 0 Å². The Bertz CT molecular complexity index is 1670. The van der Waals surface area contributed by atoms with Crippen LogP contribution in [-0.2, 0) is 56.2 Å². The van der Waals surface area contributed by atoms with Gasteiger partial charge in [0.1, 0.15) is 0 Å². The summed E-state index contributed by atoms with van der Waals surface area (Å²) >= 11 is 4.23. The van der Waals surface area contributed by atoms with Crippen LogP contribution >= 0.6 is 62.0 Å². The Morgan fingerprint density at radius 2 is 1.06 bits per heavy atom. The molecule has 0 saturated carbocycles. The first-order chi connectivity index (χ1) is 24.2. The summed E-state index contributed by atoms with van der Waals surface area (Å²) in [5.41, 5.74) is 13.8. The number of alkyl halides is 1. The minimum absolute atomic E-state index is 0.0278. The maximum atomic E-state index is 11.9. The van der Waals surface area contributed by atoms with Crippen molar-refractivity contribution in [3.63, 3.8) is 0 Å². The fourth-order valence-electron chi connectivity index (χ4n) is 7.63. The van der Waals surface area contributed by atoms with Crippen LogP contribution in [0, 0.1) is 11.8 Å². The van der Waals surface area contributed by atoms with Crippen LogP contribution < -0.4 is 0 Å². The maximum absolute atomic E-state index is 11.9. The van der Waals surface area contributed by atoms with E-state index in [1.54, 1.807) is 25.0 Å². The molecule has 0 fully saturated rings. The molecule has 9 heteroatoms. The van der Waals surface area contributed by atoms with Crippen LogP contribution in [0.3, 0.4) is 0 Å². The number of carbonyl (C=O) groups excluding carboxylic acids is 3. The minimum Gasteiger partial charge on any atom is -0.294 e. The third-order valence-electron chi connectivity index (χ3n) is 10.4. The molecular formula is C42H50AlBr2Cl3O3. The van der Waals surface area contributed by atoms with Crippen LogP contribution in [0.1, 0.15) is 131 Å². The molecule has 2 unspecified atom stereocenters. The third kappa shape index (κ3) is 12.3. The SMILES string of the molecule is CC(C)(Br)C(=O)Br.CC1Cc2c(ccc3c2CCCC3)C1=O.CC1Cc2cc3c(cc2C1=O)CCCC3.[Cl][Al]([Cl])[Cl].c1ccc2c(c1)CCCC2. The highest BCUT2D eigenvalue weighted by Crippen LogP contribution is 2.35. The molecule has 3 aromatic rings. The lowest BCUT2D eigenvalue weighted by molar-refractivity contribution is -0.111. The molecular weight excluding hydrogens is 846 g/mol. The number of rotatable bonds is 1.